The maximum atomic E-state index is 9.02. The third-order valence-electron chi connectivity index (χ3n) is 2.00. The van der Waals surface area contributed by atoms with Crippen LogP contribution in [0.3, 0.4) is 0 Å². The molecule has 0 saturated heterocycles. The summed E-state index contributed by atoms with van der Waals surface area (Å²) >= 11 is 0. The molecule has 0 amide bonds. The summed E-state index contributed by atoms with van der Waals surface area (Å²) in [7, 11) is 0. The number of nitriles is 1. The van der Waals surface area contributed by atoms with E-state index >= 15 is 0 Å². The van der Waals surface area contributed by atoms with Crippen molar-refractivity contribution in [2.24, 2.45) is 0 Å². The van der Waals surface area contributed by atoms with Gasteiger partial charge in [0.05, 0.1) is 12.2 Å². The quantitative estimate of drug-likeness (QED) is 0.730. The molecule has 73 valence electrons. The topological polar surface area (TPSA) is 33.0 Å². The molecule has 0 aromatic heterocycles. The van der Waals surface area contributed by atoms with Gasteiger partial charge in [0.2, 0.25) is 0 Å². The van der Waals surface area contributed by atoms with E-state index < -0.39 is 0 Å². The lowest BCUT2D eigenvalue weighted by Gasteiger charge is -2.11. The van der Waals surface area contributed by atoms with Crippen LogP contribution in [0.25, 0.3) is 0 Å². The molecular weight excluding hydrogens is 174 g/mol. The van der Waals surface area contributed by atoms with Crippen LogP contribution in [0.2, 0.25) is 0 Å². The Morgan fingerprint density at radius 3 is 2.79 bits per heavy atom. The minimum atomic E-state index is 0.102. The minimum Gasteiger partial charge on any atom is -0.492 e. The zero-order valence-electron chi connectivity index (χ0n) is 8.58. The van der Waals surface area contributed by atoms with E-state index in [0.29, 0.717) is 17.9 Å². The van der Waals surface area contributed by atoms with Gasteiger partial charge in [-0.15, -0.1) is 0 Å². The first-order chi connectivity index (χ1) is 6.70. The van der Waals surface area contributed by atoms with Gasteiger partial charge in [-0.25, -0.2) is 0 Å². The van der Waals surface area contributed by atoms with Gasteiger partial charge in [-0.2, -0.15) is 5.26 Å². The van der Waals surface area contributed by atoms with E-state index in [9.17, 15) is 0 Å². The van der Waals surface area contributed by atoms with Crippen molar-refractivity contribution in [1.82, 2.24) is 0 Å². The van der Waals surface area contributed by atoms with Crippen LogP contribution in [-0.4, -0.2) is 6.61 Å². The Kier molecular flexibility index (Phi) is 3.53. The van der Waals surface area contributed by atoms with Gasteiger partial charge in [-0.3, -0.25) is 0 Å². The van der Waals surface area contributed by atoms with Gasteiger partial charge in [0.25, 0.3) is 0 Å². The van der Waals surface area contributed by atoms with Gasteiger partial charge >= 0.3 is 0 Å². The first kappa shape index (κ1) is 10.6. The Balaban J connectivity index is 3.20. The minimum absolute atomic E-state index is 0.102. The van der Waals surface area contributed by atoms with E-state index in [4.69, 9.17) is 10.00 Å². The maximum Gasteiger partial charge on any atom is 0.137 e. The highest BCUT2D eigenvalue weighted by Gasteiger charge is 2.10. The molecule has 0 aliphatic carbocycles. The number of ether oxygens (including phenoxy) is 1. The van der Waals surface area contributed by atoms with Crippen LogP contribution in [0.1, 0.15) is 30.9 Å². The normalized spacial score (nSPS) is 9.93. The van der Waals surface area contributed by atoms with Crippen LogP contribution in [0.4, 0.5) is 0 Å². The third kappa shape index (κ3) is 2.05. The zero-order chi connectivity index (χ0) is 10.6. The van der Waals surface area contributed by atoms with Crippen LogP contribution < -0.4 is 4.74 Å². The van der Waals surface area contributed by atoms with Gasteiger partial charge in [-0.1, -0.05) is 19.1 Å². The van der Waals surface area contributed by atoms with Crippen molar-refractivity contribution in [2.75, 3.05) is 6.61 Å². The van der Waals surface area contributed by atoms with Crippen molar-refractivity contribution >= 4 is 0 Å². The molecule has 0 bridgehead atoms. The van der Waals surface area contributed by atoms with Crippen molar-refractivity contribution in [3.05, 3.63) is 36.2 Å². The second-order valence-corrected chi connectivity index (χ2v) is 3.17. The summed E-state index contributed by atoms with van der Waals surface area (Å²) in [6.45, 7) is 8.35. The Morgan fingerprint density at radius 2 is 2.29 bits per heavy atom. The van der Waals surface area contributed by atoms with E-state index in [0.717, 1.165) is 5.56 Å². The summed E-state index contributed by atoms with van der Waals surface area (Å²) in [5.74, 6) is 0.757. The SMILES string of the molecule is [CH2]C(C)c1cccc(OCC)c1C#N. The predicted molar refractivity (Wildman–Crippen MR) is 56.1 cm³/mol. The zero-order valence-corrected chi connectivity index (χ0v) is 8.58. The maximum absolute atomic E-state index is 9.02. The first-order valence-corrected chi connectivity index (χ1v) is 4.69. The smallest absolute Gasteiger partial charge is 0.137 e. The van der Waals surface area contributed by atoms with Gasteiger partial charge in [-0.05, 0) is 31.4 Å². The van der Waals surface area contributed by atoms with Crippen molar-refractivity contribution in [1.29, 1.82) is 5.26 Å². The molecule has 0 heterocycles. The molecule has 14 heavy (non-hydrogen) atoms. The monoisotopic (exact) mass is 188 g/mol. The average molecular weight is 188 g/mol. The molecule has 1 unspecified atom stereocenters. The summed E-state index contributed by atoms with van der Waals surface area (Å²) < 4.78 is 5.37. The Bertz CT molecular complexity index is 350. The lowest BCUT2D eigenvalue weighted by atomic mass is 9.97. The second-order valence-electron chi connectivity index (χ2n) is 3.17. The van der Waals surface area contributed by atoms with Crippen LogP contribution in [0.15, 0.2) is 18.2 Å². The largest absolute Gasteiger partial charge is 0.492 e. The first-order valence-electron chi connectivity index (χ1n) is 4.69. The lowest BCUT2D eigenvalue weighted by Crippen LogP contribution is -1.99. The number of nitrogens with zero attached hydrogens (tertiary/aromatic N) is 1. The summed E-state index contributed by atoms with van der Waals surface area (Å²) in [4.78, 5) is 0. The van der Waals surface area contributed by atoms with Gasteiger partial charge in [0, 0.05) is 0 Å². The van der Waals surface area contributed by atoms with Crippen LogP contribution >= 0.6 is 0 Å². The molecule has 1 rings (SSSR count). The molecule has 2 heteroatoms. The highest BCUT2D eigenvalue weighted by Crippen LogP contribution is 2.26. The standard InChI is InChI=1S/C12H14NO/c1-4-14-12-7-5-6-10(9(2)3)11(12)8-13/h5-7,9H,2,4H2,1,3H3. The molecule has 0 fully saturated rings. The summed E-state index contributed by atoms with van der Waals surface area (Å²) in [6, 6.07) is 7.79. The number of rotatable bonds is 3. The van der Waals surface area contributed by atoms with Crippen LogP contribution in [-0.2, 0) is 0 Å². The summed E-state index contributed by atoms with van der Waals surface area (Å²) in [5.41, 5.74) is 1.55. The molecule has 0 N–H and O–H groups in total. The van der Waals surface area contributed by atoms with Crippen LogP contribution in [0, 0.1) is 18.3 Å². The van der Waals surface area contributed by atoms with Crippen LogP contribution in [0.5, 0.6) is 5.75 Å². The Morgan fingerprint density at radius 1 is 1.57 bits per heavy atom. The van der Waals surface area contributed by atoms with Crippen molar-refractivity contribution < 1.29 is 4.74 Å². The molecule has 0 aliphatic heterocycles. The highest BCUT2D eigenvalue weighted by atomic mass is 16.5. The molecule has 0 spiro atoms. The molecule has 1 aromatic rings. The number of hydrogen-bond acceptors (Lipinski definition) is 2. The van der Waals surface area contributed by atoms with E-state index in [2.05, 4.69) is 13.0 Å². The Labute approximate surface area is 85.1 Å². The lowest BCUT2D eigenvalue weighted by molar-refractivity contribution is 0.339. The molecule has 2 nitrogen and oxygen atoms in total. The van der Waals surface area contributed by atoms with Crippen molar-refractivity contribution in [3.8, 4) is 11.8 Å². The molecule has 1 atom stereocenters. The fourth-order valence-electron chi connectivity index (χ4n) is 1.35. The average Bonchev–Trinajstić information content (AvgIpc) is 2.18. The van der Waals surface area contributed by atoms with Gasteiger partial charge in [0.1, 0.15) is 11.8 Å². The van der Waals surface area contributed by atoms with E-state index in [-0.39, 0.29) is 5.92 Å². The van der Waals surface area contributed by atoms with Crippen molar-refractivity contribution in [2.45, 2.75) is 19.8 Å². The van der Waals surface area contributed by atoms with Crippen molar-refractivity contribution in [3.63, 3.8) is 0 Å². The summed E-state index contributed by atoms with van der Waals surface area (Å²) in [5, 5.41) is 9.02. The third-order valence-corrected chi connectivity index (χ3v) is 2.00. The van der Waals surface area contributed by atoms with Gasteiger partial charge < -0.3 is 4.74 Å². The summed E-state index contributed by atoms with van der Waals surface area (Å²) in [6.07, 6.45) is 0. The molecule has 1 radical (unpaired) electrons. The van der Waals surface area contributed by atoms with E-state index in [1.165, 1.54) is 0 Å². The number of benzene rings is 1. The van der Waals surface area contributed by atoms with Gasteiger partial charge in [0.15, 0.2) is 0 Å². The molecule has 0 aliphatic rings. The predicted octanol–water partition coefficient (Wildman–Crippen LogP) is 2.89. The molecule has 1 aromatic carbocycles. The van der Waals surface area contributed by atoms with E-state index in [1.54, 1.807) is 0 Å². The fourth-order valence-corrected chi connectivity index (χ4v) is 1.35. The molecular formula is C12H14NO. The fraction of sp³-hybridized carbons (Fsp3) is 0.333. The second kappa shape index (κ2) is 4.66. The molecule has 0 saturated carbocycles. The van der Waals surface area contributed by atoms with E-state index in [1.807, 2.05) is 32.0 Å². The number of hydrogen-bond donors (Lipinski definition) is 0. The Hall–Kier alpha value is -1.49. The highest BCUT2D eigenvalue weighted by molar-refractivity contribution is 5.50.